The number of thiazole rings is 1. The van der Waals surface area contributed by atoms with Crippen molar-refractivity contribution in [3.63, 3.8) is 0 Å². The first-order chi connectivity index (χ1) is 11.6. The zero-order valence-electron chi connectivity index (χ0n) is 12.9. The highest BCUT2D eigenvalue weighted by Gasteiger charge is 2.20. The van der Waals surface area contributed by atoms with Gasteiger partial charge in [0.15, 0.2) is 0 Å². The number of carboxylic acids is 1. The lowest BCUT2D eigenvalue weighted by molar-refractivity contribution is 0.0702. The van der Waals surface area contributed by atoms with Crippen LogP contribution >= 0.6 is 11.3 Å². The Kier molecular flexibility index (Phi) is 3.25. The number of hydrogen-bond donors (Lipinski definition) is 1. The first-order valence-electron chi connectivity index (χ1n) is 7.53. The molecule has 0 saturated carbocycles. The molecule has 1 aromatic carbocycles. The van der Waals surface area contributed by atoms with Gasteiger partial charge in [0.1, 0.15) is 16.0 Å². The standard InChI is InChI=1S/C18H13N3O2S/c1-10-3-2-4-14-7-11-5-12(6-13(8-19)16(11)21(10)14)17-20-9-15(24-17)18(22)23/h2,4-7,9-10H,3H2,1H3,(H,22,23)/t10-/m0/s1. The number of allylic oxidation sites excluding steroid dienone is 1. The molecule has 1 atom stereocenters. The van der Waals surface area contributed by atoms with Crippen molar-refractivity contribution in [1.29, 1.82) is 5.26 Å². The summed E-state index contributed by atoms with van der Waals surface area (Å²) in [5, 5.41) is 20.3. The van der Waals surface area contributed by atoms with Crippen LogP contribution in [0.4, 0.5) is 0 Å². The average Bonchev–Trinajstić information content (AvgIpc) is 3.19. The van der Waals surface area contributed by atoms with Gasteiger partial charge in [-0.25, -0.2) is 9.78 Å². The Labute approximate surface area is 142 Å². The molecule has 2 aromatic heterocycles. The highest BCUT2D eigenvalue weighted by molar-refractivity contribution is 7.16. The van der Waals surface area contributed by atoms with Gasteiger partial charge in [-0.2, -0.15) is 5.26 Å². The summed E-state index contributed by atoms with van der Waals surface area (Å²) in [5.74, 6) is -0.987. The number of rotatable bonds is 2. The number of hydrogen-bond acceptors (Lipinski definition) is 4. The van der Waals surface area contributed by atoms with Crippen LogP contribution in [0.25, 0.3) is 27.6 Å². The molecule has 1 aliphatic heterocycles. The van der Waals surface area contributed by atoms with Gasteiger partial charge >= 0.3 is 5.97 Å². The number of benzene rings is 1. The Morgan fingerprint density at radius 2 is 2.29 bits per heavy atom. The van der Waals surface area contributed by atoms with E-state index < -0.39 is 5.97 Å². The number of aromatic nitrogens is 2. The lowest BCUT2D eigenvalue weighted by Crippen LogP contribution is -2.09. The van der Waals surface area contributed by atoms with Crippen molar-refractivity contribution >= 4 is 34.3 Å². The molecule has 0 saturated heterocycles. The molecule has 0 aliphatic carbocycles. The summed E-state index contributed by atoms with van der Waals surface area (Å²) in [6.07, 6.45) is 6.52. The van der Waals surface area contributed by atoms with Crippen molar-refractivity contribution in [2.45, 2.75) is 19.4 Å². The van der Waals surface area contributed by atoms with E-state index in [1.807, 2.05) is 6.07 Å². The first kappa shape index (κ1) is 14.7. The minimum atomic E-state index is -0.987. The molecular formula is C18H13N3O2S. The van der Waals surface area contributed by atoms with Gasteiger partial charge in [0.25, 0.3) is 0 Å². The number of nitriles is 1. The van der Waals surface area contributed by atoms with Crippen LogP contribution in [-0.2, 0) is 0 Å². The summed E-state index contributed by atoms with van der Waals surface area (Å²) in [5.41, 5.74) is 3.38. The molecule has 4 rings (SSSR count). The molecule has 24 heavy (non-hydrogen) atoms. The summed E-state index contributed by atoms with van der Waals surface area (Å²) in [7, 11) is 0. The molecule has 1 N–H and O–H groups in total. The van der Waals surface area contributed by atoms with E-state index in [9.17, 15) is 10.1 Å². The van der Waals surface area contributed by atoms with E-state index in [1.54, 1.807) is 6.07 Å². The lowest BCUT2D eigenvalue weighted by Gasteiger charge is -2.20. The first-order valence-corrected chi connectivity index (χ1v) is 8.35. The number of aromatic carboxylic acids is 1. The van der Waals surface area contributed by atoms with Crippen molar-refractivity contribution in [1.82, 2.24) is 9.55 Å². The van der Waals surface area contributed by atoms with E-state index in [2.05, 4.69) is 40.8 Å². The maximum absolute atomic E-state index is 11.1. The van der Waals surface area contributed by atoms with E-state index in [4.69, 9.17) is 5.11 Å². The highest BCUT2D eigenvalue weighted by Crippen LogP contribution is 2.36. The maximum Gasteiger partial charge on any atom is 0.347 e. The van der Waals surface area contributed by atoms with E-state index in [0.29, 0.717) is 16.6 Å². The Morgan fingerprint density at radius 1 is 1.46 bits per heavy atom. The zero-order valence-corrected chi connectivity index (χ0v) is 13.7. The second kappa shape index (κ2) is 5.32. The molecule has 3 aromatic rings. The second-order valence-electron chi connectivity index (χ2n) is 5.83. The molecule has 0 amide bonds. The fraction of sp³-hybridized carbons (Fsp3) is 0.167. The normalized spacial score (nSPS) is 16.1. The third kappa shape index (κ3) is 2.14. The Balaban J connectivity index is 1.95. The third-order valence-electron chi connectivity index (χ3n) is 4.25. The van der Waals surface area contributed by atoms with Crippen LogP contribution in [0.5, 0.6) is 0 Å². The quantitative estimate of drug-likeness (QED) is 0.757. The van der Waals surface area contributed by atoms with Gasteiger partial charge in [-0.15, -0.1) is 11.3 Å². The predicted molar refractivity (Wildman–Crippen MR) is 93.1 cm³/mol. The van der Waals surface area contributed by atoms with Gasteiger partial charge in [0.2, 0.25) is 0 Å². The lowest BCUT2D eigenvalue weighted by atomic mass is 10.1. The van der Waals surface area contributed by atoms with Crippen molar-refractivity contribution in [2.24, 2.45) is 0 Å². The minimum absolute atomic E-state index is 0.191. The van der Waals surface area contributed by atoms with E-state index >= 15 is 0 Å². The summed E-state index contributed by atoms with van der Waals surface area (Å²) < 4.78 is 2.20. The Morgan fingerprint density at radius 3 is 3.00 bits per heavy atom. The highest BCUT2D eigenvalue weighted by atomic mass is 32.1. The largest absolute Gasteiger partial charge is 0.477 e. The van der Waals surface area contributed by atoms with E-state index in [0.717, 1.165) is 39.9 Å². The molecule has 1 aliphatic rings. The van der Waals surface area contributed by atoms with Gasteiger partial charge in [-0.05, 0) is 37.6 Å². The van der Waals surface area contributed by atoms with Crippen LogP contribution in [0.15, 0.2) is 30.5 Å². The topological polar surface area (TPSA) is 78.9 Å². The SMILES string of the molecule is C[C@H]1CC=Cc2cc3cc(-c4ncc(C(=O)O)s4)cc(C#N)c3n21. The van der Waals surface area contributed by atoms with Gasteiger partial charge in [0.05, 0.1) is 17.3 Å². The van der Waals surface area contributed by atoms with Crippen LogP contribution < -0.4 is 0 Å². The van der Waals surface area contributed by atoms with Gasteiger partial charge in [-0.3, -0.25) is 0 Å². The van der Waals surface area contributed by atoms with Crippen LogP contribution in [0.2, 0.25) is 0 Å². The van der Waals surface area contributed by atoms with Gasteiger partial charge < -0.3 is 9.67 Å². The summed E-state index contributed by atoms with van der Waals surface area (Å²) in [6.45, 7) is 2.14. The number of nitrogens with zero attached hydrogens (tertiary/aromatic N) is 3. The fourth-order valence-electron chi connectivity index (χ4n) is 3.20. The summed E-state index contributed by atoms with van der Waals surface area (Å²) >= 11 is 1.12. The maximum atomic E-state index is 11.1. The molecule has 0 fully saturated rings. The molecule has 3 heterocycles. The average molecular weight is 335 g/mol. The molecule has 118 valence electrons. The summed E-state index contributed by atoms with van der Waals surface area (Å²) in [6, 6.07) is 8.43. The van der Waals surface area contributed by atoms with E-state index in [1.165, 1.54) is 6.20 Å². The van der Waals surface area contributed by atoms with Gasteiger partial charge in [0, 0.05) is 22.7 Å². The van der Waals surface area contributed by atoms with Crippen molar-refractivity contribution in [2.75, 3.05) is 0 Å². The van der Waals surface area contributed by atoms with Gasteiger partial charge in [-0.1, -0.05) is 6.08 Å². The zero-order chi connectivity index (χ0) is 16.8. The van der Waals surface area contributed by atoms with Crippen LogP contribution in [0.1, 0.15) is 40.3 Å². The summed E-state index contributed by atoms with van der Waals surface area (Å²) in [4.78, 5) is 15.4. The fourth-order valence-corrected chi connectivity index (χ4v) is 3.95. The van der Waals surface area contributed by atoms with Crippen LogP contribution in [0.3, 0.4) is 0 Å². The van der Waals surface area contributed by atoms with Crippen molar-refractivity contribution in [3.05, 3.63) is 46.6 Å². The molecular weight excluding hydrogens is 322 g/mol. The van der Waals surface area contributed by atoms with E-state index in [-0.39, 0.29) is 4.88 Å². The number of fused-ring (bicyclic) bond motifs is 3. The number of carbonyl (C=O) groups is 1. The Bertz CT molecular complexity index is 1050. The predicted octanol–water partition coefficient (Wildman–Crippen LogP) is 4.31. The van der Waals surface area contributed by atoms with Crippen LogP contribution in [0, 0.1) is 11.3 Å². The molecule has 0 bridgehead atoms. The molecule has 5 nitrogen and oxygen atoms in total. The second-order valence-corrected chi connectivity index (χ2v) is 6.87. The monoisotopic (exact) mass is 335 g/mol. The third-order valence-corrected chi connectivity index (χ3v) is 5.29. The Hall–Kier alpha value is -2.91. The molecule has 0 unspecified atom stereocenters. The molecule has 6 heteroatoms. The van der Waals surface area contributed by atoms with Crippen molar-refractivity contribution in [3.8, 4) is 16.6 Å². The van der Waals surface area contributed by atoms with Crippen molar-refractivity contribution < 1.29 is 9.90 Å². The van der Waals surface area contributed by atoms with Crippen LogP contribution in [-0.4, -0.2) is 20.6 Å². The smallest absolute Gasteiger partial charge is 0.347 e. The molecule has 0 spiro atoms. The number of carboxylic acid groups (broad SMARTS) is 1. The molecule has 0 radical (unpaired) electrons. The minimum Gasteiger partial charge on any atom is -0.477 e.